The van der Waals surface area contributed by atoms with Gasteiger partial charge in [0.05, 0.1) is 30.5 Å². The summed E-state index contributed by atoms with van der Waals surface area (Å²) in [5.41, 5.74) is 7.99. The number of ether oxygens (including phenoxy) is 6. The van der Waals surface area contributed by atoms with E-state index in [4.69, 9.17) is 28.4 Å². The Kier molecular flexibility index (Phi) is 7.24. The third kappa shape index (κ3) is 4.01. The molecule has 1 fully saturated rings. The van der Waals surface area contributed by atoms with E-state index >= 15 is 0 Å². The van der Waals surface area contributed by atoms with E-state index in [0.29, 0.717) is 29.2 Å². The molecule has 0 spiro atoms. The first-order valence-corrected chi connectivity index (χ1v) is 15.8. The highest BCUT2D eigenvalue weighted by molar-refractivity contribution is 8.02. The predicted molar refractivity (Wildman–Crippen MR) is 163 cm³/mol. The van der Waals surface area contributed by atoms with E-state index in [1.807, 2.05) is 12.3 Å². The van der Waals surface area contributed by atoms with Gasteiger partial charge in [-0.05, 0) is 74.4 Å². The highest BCUT2D eigenvalue weighted by Crippen LogP contribution is 2.62. The zero-order valence-corrected chi connectivity index (χ0v) is 26.9. The maximum absolute atomic E-state index is 13.1. The zero-order valence-electron chi connectivity index (χ0n) is 26.1. The highest BCUT2D eigenvalue weighted by atomic mass is 32.2. The van der Waals surface area contributed by atoms with Gasteiger partial charge in [-0.3, -0.25) is 9.80 Å². The molecule has 1 saturated heterocycles. The molecule has 0 N–H and O–H groups in total. The Bertz CT molecular complexity index is 1630. The molecule has 0 saturated carbocycles. The van der Waals surface area contributed by atoms with Crippen LogP contribution in [0.5, 0.6) is 23.0 Å². The minimum Gasteiger partial charge on any atom is -0.493 e. The van der Waals surface area contributed by atoms with Crippen LogP contribution >= 0.6 is 11.8 Å². The molecule has 44 heavy (non-hydrogen) atoms. The van der Waals surface area contributed by atoms with Crippen LogP contribution < -0.4 is 18.9 Å². The fourth-order valence-corrected chi connectivity index (χ4v) is 9.43. The lowest BCUT2D eigenvalue weighted by atomic mass is 9.71. The van der Waals surface area contributed by atoms with Crippen LogP contribution in [-0.2, 0) is 20.7 Å². The van der Waals surface area contributed by atoms with Crippen molar-refractivity contribution in [2.24, 2.45) is 0 Å². The van der Waals surface area contributed by atoms with Gasteiger partial charge in [0.2, 0.25) is 6.79 Å². The van der Waals surface area contributed by atoms with Gasteiger partial charge < -0.3 is 28.4 Å². The van der Waals surface area contributed by atoms with E-state index in [1.54, 1.807) is 32.9 Å². The molecular formula is C33H37N3O7S. The highest BCUT2D eigenvalue weighted by Gasteiger charge is 2.60. The van der Waals surface area contributed by atoms with Crippen molar-refractivity contribution in [1.29, 1.82) is 5.26 Å². The van der Waals surface area contributed by atoms with Crippen molar-refractivity contribution in [3.05, 3.63) is 56.0 Å². The number of hydrogen-bond acceptors (Lipinski definition) is 11. The molecular weight excluding hydrogens is 582 g/mol. The van der Waals surface area contributed by atoms with E-state index < -0.39 is 12.1 Å². The predicted octanol–water partition coefficient (Wildman–Crippen LogP) is 4.80. The van der Waals surface area contributed by atoms with Crippen LogP contribution in [0, 0.1) is 32.1 Å². The maximum atomic E-state index is 13.1. The van der Waals surface area contributed by atoms with E-state index in [1.165, 1.54) is 0 Å². The van der Waals surface area contributed by atoms with Crippen LogP contribution in [0.25, 0.3) is 0 Å². The van der Waals surface area contributed by atoms with E-state index in [9.17, 15) is 10.1 Å². The second-order valence-corrected chi connectivity index (χ2v) is 13.2. The molecule has 7 rings (SSSR count). The molecule has 1 unspecified atom stereocenters. The number of cyclic esters (lactones) is 1. The van der Waals surface area contributed by atoms with Crippen molar-refractivity contribution >= 4 is 17.7 Å². The summed E-state index contributed by atoms with van der Waals surface area (Å²) in [4.78, 5) is 17.7. The standard InChI is InChI=1S/C33H37N3O7S/c1-15-8-19-9-20-21(10-34)36-22-11-40-33(37)16(2)12-44-32(23-17(3)18(4)29-31(25(22)23)43-14-42-29)27(36)26(35(20)5)24(19)30(28(15)39-7)41-13-38-6/h8,12,20-22,26-27,32H,9,11,13-14H2,1-7H3/b16-12-/t20-,21-,22-,26+,27?,32+/m0/s1. The average molecular weight is 620 g/mol. The number of benzene rings is 2. The van der Waals surface area contributed by atoms with Gasteiger partial charge in [-0.1, -0.05) is 6.07 Å². The fourth-order valence-electron chi connectivity index (χ4n) is 8.09. The quantitative estimate of drug-likeness (QED) is 0.349. The monoisotopic (exact) mass is 619 g/mol. The summed E-state index contributed by atoms with van der Waals surface area (Å²) >= 11 is 1.60. The van der Waals surface area contributed by atoms with Gasteiger partial charge in [-0.2, -0.15) is 5.26 Å². The Morgan fingerprint density at radius 2 is 1.82 bits per heavy atom. The minimum absolute atomic E-state index is 0.0740. The largest absolute Gasteiger partial charge is 0.493 e. The van der Waals surface area contributed by atoms with Crippen molar-refractivity contribution in [3.8, 4) is 29.1 Å². The number of esters is 1. The minimum atomic E-state index is -0.482. The first-order chi connectivity index (χ1) is 21.2. The number of rotatable bonds is 4. The van der Waals surface area contributed by atoms with Gasteiger partial charge in [0.25, 0.3) is 0 Å². The normalized spacial score (nSPS) is 29.9. The Labute approximate surface area is 261 Å². The number of thioether (sulfide) groups is 1. The Morgan fingerprint density at radius 3 is 2.55 bits per heavy atom. The number of carbonyl (C=O) groups is 1. The smallest absolute Gasteiger partial charge is 0.334 e. The lowest BCUT2D eigenvalue weighted by molar-refractivity contribution is -0.144. The molecule has 232 valence electrons. The number of nitriles is 1. The molecule has 5 aliphatic heterocycles. The summed E-state index contributed by atoms with van der Waals surface area (Å²) < 4.78 is 35.8. The number of carbonyl (C=O) groups excluding carboxylic acids is 1. The SMILES string of the molecule is COCOc1c(OC)c(C)cc2c1[C@@H]1C3[C@@H]4S/C=C(/C)C(=O)OC[C@@H](c5c6c(c(C)c(C)c54)OCO6)N3[C@@H](C#N)[C@H](C2)N1C. The zero-order chi connectivity index (χ0) is 31.0. The average Bonchev–Trinajstić information content (AvgIpc) is 3.50. The molecule has 6 atom stereocenters. The summed E-state index contributed by atoms with van der Waals surface area (Å²) in [7, 11) is 5.39. The molecule has 5 heterocycles. The number of aryl methyl sites for hydroxylation is 1. The molecule has 0 amide bonds. The molecule has 5 aliphatic rings. The van der Waals surface area contributed by atoms with Crippen LogP contribution in [0.1, 0.15) is 63.2 Å². The molecule has 2 aromatic rings. The number of hydrogen-bond donors (Lipinski definition) is 0. The third-order valence-corrected chi connectivity index (χ3v) is 11.4. The lowest BCUT2D eigenvalue weighted by Gasteiger charge is -2.61. The molecule has 11 heteroatoms. The van der Waals surface area contributed by atoms with E-state index in [0.717, 1.165) is 44.7 Å². The first-order valence-electron chi connectivity index (χ1n) is 14.9. The van der Waals surface area contributed by atoms with Crippen molar-refractivity contribution < 1.29 is 33.2 Å². The lowest BCUT2D eigenvalue weighted by Crippen LogP contribution is -2.69. The summed E-state index contributed by atoms with van der Waals surface area (Å²) in [5, 5.41) is 12.7. The van der Waals surface area contributed by atoms with Gasteiger partial charge in [-0.25, -0.2) is 4.79 Å². The molecule has 0 radical (unpaired) electrons. The molecule has 10 nitrogen and oxygen atoms in total. The molecule has 4 bridgehead atoms. The van der Waals surface area contributed by atoms with Gasteiger partial charge in [0, 0.05) is 35.9 Å². The van der Waals surface area contributed by atoms with Crippen molar-refractivity contribution in [3.63, 3.8) is 0 Å². The van der Waals surface area contributed by atoms with Crippen LogP contribution in [0.4, 0.5) is 0 Å². The summed E-state index contributed by atoms with van der Waals surface area (Å²) in [6.45, 7) is 8.31. The van der Waals surface area contributed by atoms with Gasteiger partial charge >= 0.3 is 5.97 Å². The van der Waals surface area contributed by atoms with Crippen molar-refractivity contribution in [2.75, 3.05) is 41.5 Å². The first kappa shape index (κ1) is 29.3. The van der Waals surface area contributed by atoms with Crippen LogP contribution in [0.2, 0.25) is 0 Å². The van der Waals surface area contributed by atoms with Crippen LogP contribution in [0.3, 0.4) is 0 Å². The summed E-state index contributed by atoms with van der Waals surface area (Å²) in [5.74, 6) is 2.42. The van der Waals surface area contributed by atoms with Crippen molar-refractivity contribution in [1.82, 2.24) is 9.80 Å². The third-order valence-electron chi connectivity index (χ3n) is 10.1. The molecule has 2 aromatic carbocycles. The molecule has 0 aromatic heterocycles. The summed E-state index contributed by atoms with van der Waals surface area (Å²) in [6, 6.07) is 3.50. The van der Waals surface area contributed by atoms with Gasteiger partial charge in [0.1, 0.15) is 12.6 Å². The Morgan fingerprint density at radius 1 is 1.05 bits per heavy atom. The van der Waals surface area contributed by atoms with E-state index in [-0.39, 0.29) is 49.5 Å². The van der Waals surface area contributed by atoms with E-state index in [2.05, 4.69) is 42.8 Å². The second-order valence-electron chi connectivity index (χ2n) is 12.2. The number of piperazine rings is 1. The van der Waals surface area contributed by atoms with Crippen LogP contribution in [0.15, 0.2) is 17.0 Å². The van der Waals surface area contributed by atoms with Gasteiger partial charge in [-0.15, -0.1) is 11.8 Å². The Hall–Kier alpha value is -3.43. The van der Waals surface area contributed by atoms with Crippen molar-refractivity contribution in [2.45, 2.75) is 69.6 Å². The topological polar surface area (TPSA) is 103 Å². The maximum Gasteiger partial charge on any atom is 0.334 e. The second kappa shape index (κ2) is 10.9. The Balaban J connectivity index is 1.55. The fraction of sp³-hybridized carbons (Fsp3) is 0.515. The number of nitrogens with zero attached hydrogens (tertiary/aromatic N) is 3. The number of fused-ring (bicyclic) bond motifs is 9. The number of methoxy groups -OCH3 is 2. The number of likely N-dealkylation sites (N-methyl/N-ethyl adjacent to an activating group) is 1. The molecule has 0 aliphatic carbocycles. The van der Waals surface area contributed by atoms with Gasteiger partial charge in [0.15, 0.2) is 29.8 Å². The van der Waals surface area contributed by atoms with Crippen LogP contribution in [-0.4, -0.2) is 75.4 Å². The summed E-state index contributed by atoms with van der Waals surface area (Å²) in [6.07, 6.45) is 0.652.